The molecule has 0 unspecified atom stereocenters. The first-order valence-electron chi connectivity index (χ1n) is 5.78. The highest BCUT2D eigenvalue weighted by molar-refractivity contribution is 6.17. The van der Waals surface area contributed by atoms with E-state index < -0.39 is 11.7 Å². The molecule has 2 rings (SSSR count). The van der Waals surface area contributed by atoms with Crippen LogP contribution in [0.1, 0.15) is 24.8 Å². The van der Waals surface area contributed by atoms with E-state index >= 15 is 0 Å². The van der Waals surface area contributed by atoms with E-state index in [-0.39, 0.29) is 11.2 Å². The van der Waals surface area contributed by atoms with Crippen LogP contribution in [0.4, 0.5) is 19.0 Å². The molecule has 1 aliphatic carbocycles. The number of aromatic nitrogens is 1. The van der Waals surface area contributed by atoms with Gasteiger partial charge in [-0.05, 0) is 36.8 Å². The van der Waals surface area contributed by atoms with E-state index in [4.69, 9.17) is 11.6 Å². The van der Waals surface area contributed by atoms with Crippen LogP contribution in [0.3, 0.4) is 0 Å². The first-order chi connectivity index (χ1) is 8.45. The quantitative estimate of drug-likeness (QED) is 0.826. The van der Waals surface area contributed by atoms with Crippen molar-refractivity contribution < 1.29 is 13.2 Å². The second-order valence-corrected chi connectivity index (χ2v) is 5.10. The van der Waals surface area contributed by atoms with Crippen molar-refractivity contribution in [1.82, 2.24) is 4.98 Å². The molecule has 0 radical (unpaired) electrons. The Balaban J connectivity index is 1.98. The van der Waals surface area contributed by atoms with Crippen molar-refractivity contribution in [2.45, 2.75) is 25.4 Å². The highest BCUT2D eigenvalue weighted by Gasteiger charge is 2.41. The molecule has 18 heavy (non-hydrogen) atoms. The average molecular weight is 279 g/mol. The van der Waals surface area contributed by atoms with E-state index in [0.29, 0.717) is 12.4 Å². The molecule has 1 fully saturated rings. The van der Waals surface area contributed by atoms with Gasteiger partial charge in [0.05, 0.1) is 5.56 Å². The Morgan fingerprint density at radius 3 is 2.67 bits per heavy atom. The largest absolute Gasteiger partial charge is 0.416 e. The van der Waals surface area contributed by atoms with E-state index in [9.17, 15) is 13.2 Å². The second-order valence-electron chi connectivity index (χ2n) is 4.72. The Morgan fingerprint density at radius 2 is 2.11 bits per heavy atom. The van der Waals surface area contributed by atoms with Crippen molar-refractivity contribution in [3.63, 3.8) is 0 Å². The summed E-state index contributed by atoms with van der Waals surface area (Å²) in [4.78, 5) is 3.90. The van der Waals surface area contributed by atoms with Gasteiger partial charge in [-0.2, -0.15) is 13.2 Å². The third kappa shape index (κ3) is 3.28. The zero-order chi connectivity index (χ0) is 13.2. The molecular weight excluding hydrogens is 265 g/mol. The normalized spacial score (nSPS) is 17.6. The molecule has 0 atom stereocenters. The van der Waals surface area contributed by atoms with Gasteiger partial charge in [0, 0.05) is 18.6 Å². The Labute approximate surface area is 109 Å². The van der Waals surface area contributed by atoms with Crippen LogP contribution in [0.25, 0.3) is 0 Å². The van der Waals surface area contributed by atoms with Gasteiger partial charge < -0.3 is 5.32 Å². The first kappa shape index (κ1) is 13.5. The van der Waals surface area contributed by atoms with Crippen molar-refractivity contribution in [1.29, 1.82) is 0 Å². The number of nitrogens with zero attached hydrogens (tertiary/aromatic N) is 1. The minimum absolute atomic E-state index is 0.164. The molecule has 0 spiro atoms. The van der Waals surface area contributed by atoms with E-state index in [1.807, 2.05) is 0 Å². The van der Waals surface area contributed by atoms with Gasteiger partial charge in [-0.25, -0.2) is 4.98 Å². The number of anilines is 1. The lowest BCUT2D eigenvalue weighted by molar-refractivity contribution is -0.137. The van der Waals surface area contributed by atoms with Gasteiger partial charge in [-0.15, -0.1) is 11.6 Å². The smallest absolute Gasteiger partial charge is 0.370 e. The molecule has 1 N–H and O–H groups in total. The van der Waals surface area contributed by atoms with Crippen molar-refractivity contribution in [2.24, 2.45) is 5.41 Å². The highest BCUT2D eigenvalue weighted by atomic mass is 35.5. The molecule has 0 saturated heterocycles. The molecule has 0 aliphatic heterocycles. The standard InChI is InChI=1S/C12H14ClF3N2/c13-5-4-11(2-3-11)8-18-10-7-9(1-6-17-10)12(14,15)16/h1,6-7H,2-5,8H2,(H,17,18). The predicted octanol–water partition coefficient (Wildman–Crippen LogP) is 3.92. The predicted molar refractivity (Wildman–Crippen MR) is 64.7 cm³/mol. The van der Waals surface area contributed by atoms with Crippen LogP contribution in [-0.2, 0) is 6.18 Å². The highest BCUT2D eigenvalue weighted by Crippen LogP contribution is 2.48. The number of pyridine rings is 1. The summed E-state index contributed by atoms with van der Waals surface area (Å²) in [6.45, 7) is 0.633. The summed E-state index contributed by atoms with van der Waals surface area (Å²) >= 11 is 5.70. The molecule has 0 amide bonds. The summed E-state index contributed by atoms with van der Waals surface area (Å²) < 4.78 is 37.5. The van der Waals surface area contributed by atoms with Gasteiger partial charge in [0.25, 0.3) is 0 Å². The SMILES string of the molecule is FC(F)(F)c1ccnc(NCC2(CCCl)CC2)c1. The number of hydrogen-bond donors (Lipinski definition) is 1. The van der Waals surface area contributed by atoms with Crippen LogP contribution in [0.15, 0.2) is 18.3 Å². The third-order valence-corrected chi connectivity index (χ3v) is 3.50. The topological polar surface area (TPSA) is 24.9 Å². The van der Waals surface area contributed by atoms with Crippen LogP contribution >= 0.6 is 11.6 Å². The Kier molecular flexibility index (Phi) is 3.71. The molecule has 1 saturated carbocycles. The summed E-state index contributed by atoms with van der Waals surface area (Å²) in [7, 11) is 0. The van der Waals surface area contributed by atoms with Crippen LogP contribution in [0, 0.1) is 5.41 Å². The van der Waals surface area contributed by atoms with E-state index in [0.717, 1.165) is 31.4 Å². The summed E-state index contributed by atoms with van der Waals surface area (Å²) in [6.07, 6.45) is -0.114. The first-order valence-corrected chi connectivity index (χ1v) is 6.32. The van der Waals surface area contributed by atoms with Crippen molar-refractivity contribution in [3.8, 4) is 0 Å². The maximum atomic E-state index is 12.5. The van der Waals surface area contributed by atoms with Crippen molar-refractivity contribution in [3.05, 3.63) is 23.9 Å². The molecule has 0 aromatic carbocycles. The van der Waals surface area contributed by atoms with E-state index in [2.05, 4.69) is 10.3 Å². The van der Waals surface area contributed by atoms with Crippen LogP contribution in [0.5, 0.6) is 0 Å². The molecular formula is C12H14ClF3N2. The molecule has 1 aliphatic rings. The molecule has 1 heterocycles. The maximum absolute atomic E-state index is 12.5. The lowest BCUT2D eigenvalue weighted by Gasteiger charge is -2.15. The molecule has 6 heteroatoms. The van der Waals surface area contributed by atoms with Gasteiger partial charge in [0.15, 0.2) is 0 Å². The summed E-state index contributed by atoms with van der Waals surface area (Å²) in [5, 5.41) is 2.97. The van der Waals surface area contributed by atoms with Crippen molar-refractivity contribution in [2.75, 3.05) is 17.7 Å². The minimum Gasteiger partial charge on any atom is -0.370 e. The number of nitrogens with one attached hydrogen (secondary N) is 1. The lowest BCUT2D eigenvalue weighted by atomic mass is 10.0. The fourth-order valence-corrected chi connectivity index (χ4v) is 2.27. The number of hydrogen-bond acceptors (Lipinski definition) is 2. The van der Waals surface area contributed by atoms with Gasteiger partial charge in [-0.3, -0.25) is 0 Å². The monoisotopic (exact) mass is 278 g/mol. The Bertz CT molecular complexity index is 416. The third-order valence-electron chi connectivity index (χ3n) is 3.31. The summed E-state index contributed by atoms with van der Waals surface area (Å²) in [6, 6.07) is 2.01. The van der Waals surface area contributed by atoms with Gasteiger partial charge in [-0.1, -0.05) is 0 Å². The molecule has 100 valence electrons. The second kappa shape index (κ2) is 4.96. The summed E-state index contributed by atoms with van der Waals surface area (Å²) in [5.74, 6) is 0.850. The average Bonchev–Trinajstić information content (AvgIpc) is 3.07. The van der Waals surface area contributed by atoms with Crippen LogP contribution < -0.4 is 5.32 Å². The Hall–Kier alpha value is -0.970. The van der Waals surface area contributed by atoms with Crippen LogP contribution in [0.2, 0.25) is 0 Å². The number of rotatable bonds is 5. The molecule has 0 bridgehead atoms. The van der Waals surface area contributed by atoms with E-state index in [1.54, 1.807) is 0 Å². The van der Waals surface area contributed by atoms with Gasteiger partial charge in [0.2, 0.25) is 0 Å². The minimum atomic E-state index is -4.33. The van der Waals surface area contributed by atoms with E-state index in [1.165, 1.54) is 6.20 Å². The fourth-order valence-electron chi connectivity index (χ4n) is 1.87. The maximum Gasteiger partial charge on any atom is 0.416 e. The molecule has 2 nitrogen and oxygen atoms in total. The Morgan fingerprint density at radius 1 is 1.39 bits per heavy atom. The van der Waals surface area contributed by atoms with Crippen LogP contribution in [-0.4, -0.2) is 17.4 Å². The van der Waals surface area contributed by atoms with Gasteiger partial charge in [0.1, 0.15) is 5.82 Å². The molecule has 1 aromatic heterocycles. The number of alkyl halides is 4. The summed E-state index contributed by atoms with van der Waals surface area (Å²) in [5.41, 5.74) is -0.514. The molecule has 1 aromatic rings. The lowest BCUT2D eigenvalue weighted by Crippen LogP contribution is -2.17. The zero-order valence-electron chi connectivity index (χ0n) is 9.73. The van der Waals surface area contributed by atoms with Gasteiger partial charge >= 0.3 is 6.18 Å². The van der Waals surface area contributed by atoms with Crippen molar-refractivity contribution >= 4 is 17.4 Å². The fraction of sp³-hybridized carbons (Fsp3) is 0.583. The zero-order valence-corrected chi connectivity index (χ0v) is 10.5. The number of halogens is 4.